The standard InChI is InChI=1S/C13H22N2O6S/c1-22(19,20)15(9-13(17)18)8-11-7-14(4-5-21-11)12(16)6-10-2-3-10/h10-11H,2-9H2,1H3,(H,17,18)/t11-/m1/s1. The number of hydrogen-bond acceptors (Lipinski definition) is 5. The molecule has 0 aromatic heterocycles. The molecule has 1 heterocycles. The maximum Gasteiger partial charge on any atom is 0.318 e. The number of aliphatic carboxylic acids is 1. The van der Waals surface area contributed by atoms with Crippen LogP contribution in [0.4, 0.5) is 0 Å². The number of nitrogens with zero attached hydrogens (tertiary/aromatic N) is 2. The Labute approximate surface area is 130 Å². The van der Waals surface area contributed by atoms with Gasteiger partial charge in [-0.1, -0.05) is 0 Å². The molecule has 1 aliphatic carbocycles. The Bertz CT molecular complexity index is 531. The first-order valence-corrected chi connectivity index (χ1v) is 9.17. The van der Waals surface area contributed by atoms with Crippen molar-refractivity contribution in [3.63, 3.8) is 0 Å². The Morgan fingerprint density at radius 3 is 2.59 bits per heavy atom. The number of morpholine rings is 1. The van der Waals surface area contributed by atoms with Crippen LogP contribution in [0.15, 0.2) is 0 Å². The summed E-state index contributed by atoms with van der Waals surface area (Å²) in [5.41, 5.74) is 0. The van der Waals surface area contributed by atoms with Crippen molar-refractivity contribution in [3.8, 4) is 0 Å². The highest BCUT2D eigenvalue weighted by Crippen LogP contribution is 2.33. The van der Waals surface area contributed by atoms with E-state index in [-0.39, 0.29) is 12.5 Å². The third kappa shape index (κ3) is 5.22. The maximum absolute atomic E-state index is 12.1. The van der Waals surface area contributed by atoms with Gasteiger partial charge in [-0.3, -0.25) is 9.59 Å². The van der Waals surface area contributed by atoms with Crippen LogP contribution in [0.5, 0.6) is 0 Å². The summed E-state index contributed by atoms with van der Waals surface area (Å²) in [6, 6.07) is 0. The lowest BCUT2D eigenvalue weighted by atomic mass is 10.2. The van der Waals surface area contributed by atoms with Gasteiger partial charge in [0.1, 0.15) is 6.54 Å². The molecule has 126 valence electrons. The van der Waals surface area contributed by atoms with E-state index in [1.165, 1.54) is 0 Å². The van der Waals surface area contributed by atoms with E-state index >= 15 is 0 Å². The lowest BCUT2D eigenvalue weighted by Crippen LogP contribution is -2.51. The smallest absolute Gasteiger partial charge is 0.318 e. The van der Waals surface area contributed by atoms with Crippen LogP contribution in [-0.2, 0) is 24.3 Å². The Kier molecular flexibility index (Phi) is 5.41. The third-order valence-corrected chi connectivity index (χ3v) is 5.06. The first-order valence-electron chi connectivity index (χ1n) is 7.32. The predicted octanol–water partition coefficient (Wildman–Crippen LogP) is -0.640. The lowest BCUT2D eigenvalue weighted by Gasteiger charge is -2.35. The fourth-order valence-electron chi connectivity index (χ4n) is 2.45. The van der Waals surface area contributed by atoms with E-state index in [0.29, 0.717) is 32.0 Å². The quantitative estimate of drug-likeness (QED) is 0.664. The van der Waals surface area contributed by atoms with Gasteiger partial charge in [-0.05, 0) is 18.8 Å². The van der Waals surface area contributed by atoms with Gasteiger partial charge in [0.25, 0.3) is 0 Å². The molecule has 8 nitrogen and oxygen atoms in total. The van der Waals surface area contributed by atoms with Gasteiger partial charge in [-0.15, -0.1) is 0 Å². The molecule has 1 atom stereocenters. The van der Waals surface area contributed by atoms with Crippen molar-refractivity contribution in [2.24, 2.45) is 5.92 Å². The van der Waals surface area contributed by atoms with E-state index in [1.807, 2.05) is 0 Å². The van der Waals surface area contributed by atoms with Crippen LogP contribution in [-0.4, -0.2) is 79.8 Å². The SMILES string of the molecule is CS(=O)(=O)N(CC(=O)O)C[C@H]1CN(C(=O)CC2CC2)CCO1. The fraction of sp³-hybridized carbons (Fsp3) is 0.846. The van der Waals surface area contributed by atoms with Gasteiger partial charge in [0.05, 0.1) is 19.0 Å². The lowest BCUT2D eigenvalue weighted by molar-refractivity contribution is -0.141. The van der Waals surface area contributed by atoms with Crippen LogP contribution in [0, 0.1) is 5.92 Å². The molecule has 0 radical (unpaired) electrons. The first-order chi connectivity index (χ1) is 10.3. The number of carboxylic acids is 1. The van der Waals surface area contributed by atoms with Crippen molar-refractivity contribution in [3.05, 3.63) is 0 Å². The zero-order valence-corrected chi connectivity index (χ0v) is 13.4. The predicted molar refractivity (Wildman–Crippen MR) is 77.7 cm³/mol. The minimum atomic E-state index is -3.64. The molecule has 1 amide bonds. The zero-order chi connectivity index (χ0) is 16.3. The van der Waals surface area contributed by atoms with Crippen LogP contribution in [0.1, 0.15) is 19.3 Å². The number of ether oxygens (including phenoxy) is 1. The van der Waals surface area contributed by atoms with Gasteiger partial charge in [0.15, 0.2) is 0 Å². The molecule has 0 aromatic rings. The van der Waals surface area contributed by atoms with Gasteiger partial charge in [-0.2, -0.15) is 4.31 Å². The molecule has 22 heavy (non-hydrogen) atoms. The average molecular weight is 334 g/mol. The van der Waals surface area contributed by atoms with Gasteiger partial charge >= 0.3 is 5.97 Å². The van der Waals surface area contributed by atoms with Crippen molar-refractivity contribution >= 4 is 21.9 Å². The number of rotatable bonds is 7. The summed E-state index contributed by atoms with van der Waals surface area (Å²) >= 11 is 0. The summed E-state index contributed by atoms with van der Waals surface area (Å²) in [7, 11) is -3.64. The Morgan fingerprint density at radius 1 is 1.36 bits per heavy atom. The molecule has 1 N–H and O–H groups in total. The molecular formula is C13H22N2O6S. The van der Waals surface area contributed by atoms with E-state index in [0.717, 1.165) is 23.4 Å². The molecule has 1 aliphatic heterocycles. The van der Waals surface area contributed by atoms with Crippen LogP contribution in [0.3, 0.4) is 0 Å². The number of carbonyl (C=O) groups excluding carboxylic acids is 1. The van der Waals surface area contributed by atoms with Crippen molar-refractivity contribution in [2.75, 3.05) is 39.0 Å². The molecule has 0 aromatic carbocycles. The third-order valence-electron chi connectivity index (χ3n) is 3.84. The molecule has 2 fully saturated rings. The summed E-state index contributed by atoms with van der Waals surface area (Å²) < 4.78 is 29.6. The summed E-state index contributed by atoms with van der Waals surface area (Å²) in [5.74, 6) is -0.656. The van der Waals surface area contributed by atoms with Crippen LogP contribution in [0.25, 0.3) is 0 Å². The van der Waals surface area contributed by atoms with Gasteiger partial charge in [0, 0.05) is 26.1 Å². The Morgan fingerprint density at radius 2 is 2.05 bits per heavy atom. The molecule has 2 aliphatic rings. The highest BCUT2D eigenvalue weighted by Gasteiger charge is 2.32. The number of sulfonamides is 1. The van der Waals surface area contributed by atoms with Crippen LogP contribution >= 0.6 is 0 Å². The molecule has 1 saturated heterocycles. The highest BCUT2D eigenvalue weighted by molar-refractivity contribution is 7.88. The summed E-state index contributed by atoms with van der Waals surface area (Å²) in [6.45, 7) is 0.482. The minimum absolute atomic E-state index is 0.0572. The number of hydrogen-bond donors (Lipinski definition) is 1. The summed E-state index contributed by atoms with van der Waals surface area (Å²) in [6.07, 6.45) is 3.21. The second kappa shape index (κ2) is 6.93. The second-order valence-corrected chi connectivity index (χ2v) is 7.91. The average Bonchev–Trinajstić information content (AvgIpc) is 3.20. The van der Waals surface area contributed by atoms with Crippen molar-refractivity contribution in [1.82, 2.24) is 9.21 Å². The van der Waals surface area contributed by atoms with Gasteiger partial charge in [0.2, 0.25) is 15.9 Å². The van der Waals surface area contributed by atoms with Gasteiger partial charge < -0.3 is 14.7 Å². The largest absolute Gasteiger partial charge is 0.480 e. The van der Waals surface area contributed by atoms with Gasteiger partial charge in [-0.25, -0.2) is 8.42 Å². The first kappa shape index (κ1) is 17.2. The summed E-state index contributed by atoms with van der Waals surface area (Å²) in [4.78, 5) is 24.6. The molecule has 0 unspecified atom stereocenters. The second-order valence-electron chi connectivity index (χ2n) is 5.93. The van der Waals surface area contributed by atoms with E-state index in [2.05, 4.69) is 0 Å². The van der Waals surface area contributed by atoms with E-state index < -0.39 is 28.6 Å². The number of carbonyl (C=O) groups is 2. The Balaban J connectivity index is 1.92. The minimum Gasteiger partial charge on any atom is -0.480 e. The molecule has 1 saturated carbocycles. The number of amides is 1. The van der Waals surface area contributed by atoms with Crippen LogP contribution in [0.2, 0.25) is 0 Å². The topological polar surface area (TPSA) is 104 Å². The Hall–Kier alpha value is -1.19. The van der Waals surface area contributed by atoms with Crippen molar-refractivity contribution in [2.45, 2.75) is 25.4 Å². The van der Waals surface area contributed by atoms with E-state index in [4.69, 9.17) is 9.84 Å². The van der Waals surface area contributed by atoms with Crippen molar-refractivity contribution < 1.29 is 27.9 Å². The molecule has 9 heteroatoms. The van der Waals surface area contributed by atoms with Crippen molar-refractivity contribution in [1.29, 1.82) is 0 Å². The maximum atomic E-state index is 12.1. The number of carboxylic acid groups (broad SMARTS) is 1. The van der Waals surface area contributed by atoms with E-state index in [1.54, 1.807) is 4.90 Å². The fourth-order valence-corrected chi connectivity index (χ4v) is 3.23. The highest BCUT2D eigenvalue weighted by atomic mass is 32.2. The monoisotopic (exact) mass is 334 g/mol. The molecule has 0 bridgehead atoms. The summed E-state index contributed by atoms with van der Waals surface area (Å²) in [5, 5.41) is 8.81. The van der Waals surface area contributed by atoms with E-state index in [9.17, 15) is 18.0 Å². The molecular weight excluding hydrogens is 312 g/mol. The normalized spacial score (nSPS) is 22.8. The molecule has 2 rings (SSSR count). The van der Waals surface area contributed by atoms with Crippen LogP contribution < -0.4 is 0 Å². The molecule has 0 spiro atoms. The zero-order valence-electron chi connectivity index (χ0n) is 12.6.